The van der Waals surface area contributed by atoms with Crippen molar-refractivity contribution in [2.45, 2.75) is 19.3 Å². The topological polar surface area (TPSA) is 26.9 Å². The summed E-state index contributed by atoms with van der Waals surface area (Å²) in [7, 11) is 0. The van der Waals surface area contributed by atoms with Gasteiger partial charge in [-0.05, 0) is 76.2 Å². The Hall–Kier alpha value is -5.41. The minimum atomic E-state index is -0.0967. The van der Waals surface area contributed by atoms with E-state index in [9.17, 15) is 4.79 Å². The molecule has 3 nitrogen and oxygen atoms in total. The summed E-state index contributed by atoms with van der Waals surface area (Å²) in [6, 6.07) is 46.7. The van der Waals surface area contributed by atoms with Crippen LogP contribution < -0.4 is 5.56 Å². The number of pyridine rings is 1. The van der Waals surface area contributed by atoms with Crippen LogP contribution in [0.3, 0.4) is 0 Å². The number of hydrogen-bond donors (Lipinski definition) is 0. The van der Waals surface area contributed by atoms with Gasteiger partial charge >= 0.3 is 0 Å². The summed E-state index contributed by atoms with van der Waals surface area (Å²) in [5, 5.41) is 5.23. The van der Waals surface area contributed by atoms with E-state index < -0.39 is 0 Å². The Morgan fingerprint density at radius 3 is 1.79 bits per heavy atom. The molecule has 0 unspecified atom stereocenters. The number of rotatable bonds is 2. The molecular weight excluding hydrogens is 524 g/mol. The first-order valence-corrected chi connectivity index (χ1v) is 14.8. The fraction of sp³-hybridized carbons (Fsp3) is 0.0750. The number of para-hydroxylation sites is 2. The third-order valence-electron chi connectivity index (χ3n) is 9.52. The monoisotopic (exact) mass is 552 g/mol. The molecular formula is C40H28N2O. The molecule has 0 saturated heterocycles. The molecule has 1 aliphatic rings. The highest BCUT2D eigenvalue weighted by Crippen LogP contribution is 2.50. The van der Waals surface area contributed by atoms with E-state index in [4.69, 9.17) is 0 Å². The summed E-state index contributed by atoms with van der Waals surface area (Å²) < 4.78 is 4.23. The third kappa shape index (κ3) is 3.22. The molecule has 0 bridgehead atoms. The van der Waals surface area contributed by atoms with Gasteiger partial charge in [-0.2, -0.15) is 0 Å². The molecule has 0 radical (unpaired) electrons. The lowest BCUT2D eigenvalue weighted by atomic mass is 9.82. The van der Waals surface area contributed by atoms with E-state index in [1.165, 1.54) is 38.5 Å². The Morgan fingerprint density at radius 1 is 0.442 bits per heavy atom. The second-order valence-electron chi connectivity index (χ2n) is 12.2. The van der Waals surface area contributed by atoms with Gasteiger partial charge in [-0.25, -0.2) is 0 Å². The van der Waals surface area contributed by atoms with E-state index in [1.807, 2.05) is 53.1 Å². The zero-order valence-corrected chi connectivity index (χ0v) is 24.0. The van der Waals surface area contributed by atoms with Crippen LogP contribution in [0.5, 0.6) is 0 Å². The molecule has 204 valence electrons. The van der Waals surface area contributed by atoms with Crippen LogP contribution >= 0.6 is 0 Å². The predicted molar refractivity (Wildman–Crippen MR) is 179 cm³/mol. The first-order chi connectivity index (χ1) is 21.0. The quantitative estimate of drug-likeness (QED) is 0.196. The lowest BCUT2D eigenvalue weighted by molar-refractivity contribution is 0.661. The van der Waals surface area contributed by atoms with Gasteiger partial charge in [0.15, 0.2) is 0 Å². The van der Waals surface area contributed by atoms with Crippen LogP contribution in [0.4, 0.5) is 0 Å². The number of fused-ring (bicyclic) bond motifs is 9. The van der Waals surface area contributed by atoms with Crippen LogP contribution in [0.1, 0.15) is 25.0 Å². The van der Waals surface area contributed by atoms with E-state index in [2.05, 4.69) is 103 Å². The molecule has 6 aromatic carbocycles. The maximum atomic E-state index is 14.0. The summed E-state index contributed by atoms with van der Waals surface area (Å²) in [5.41, 5.74) is 10.4. The summed E-state index contributed by atoms with van der Waals surface area (Å²) in [5.74, 6) is 0. The van der Waals surface area contributed by atoms with E-state index in [0.29, 0.717) is 0 Å². The molecule has 0 aliphatic heterocycles. The molecule has 0 saturated carbocycles. The Labute approximate surface area is 248 Å². The van der Waals surface area contributed by atoms with Gasteiger partial charge in [-0.1, -0.05) is 98.8 Å². The highest BCUT2D eigenvalue weighted by atomic mass is 16.1. The number of benzene rings is 6. The molecule has 0 N–H and O–H groups in total. The van der Waals surface area contributed by atoms with Gasteiger partial charge in [0.2, 0.25) is 0 Å². The molecule has 43 heavy (non-hydrogen) atoms. The van der Waals surface area contributed by atoms with Crippen LogP contribution in [0.2, 0.25) is 0 Å². The fourth-order valence-electron chi connectivity index (χ4n) is 7.50. The maximum Gasteiger partial charge on any atom is 0.263 e. The van der Waals surface area contributed by atoms with E-state index in [1.54, 1.807) is 0 Å². The van der Waals surface area contributed by atoms with Crippen molar-refractivity contribution in [3.05, 3.63) is 155 Å². The molecule has 9 rings (SSSR count). The lowest BCUT2D eigenvalue weighted by Gasteiger charge is -2.21. The minimum Gasteiger partial charge on any atom is -0.309 e. The standard InChI is InChI=1S/C40H28N2O/c1-40(2)34-19-8-5-15-28(34)32-23-33-30-17-7-9-20-36(30)41(38(33)24-35(32)40)25-12-11-13-26(22-25)42-37-21-10-6-16-29(37)27-14-3-4-18-31(27)39(42)43/h3-24H,1-2H3. The highest BCUT2D eigenvalue weighted by molar-refractivity contribution is 6.12. The van der Waals surface area contributed by atoms with Gasteiger partial charge < -0.3 is 4.57 Å². The third-order valence-corrected chi connectivity index (χ3v) is 9.52. The largest absolute Gasteiger partial charge is 0.309 e. The van der Waals surface area contributed by atoms with Crippen molar-refractivity contribution in [1.82, 2.24) is 9.13 Å². The van der Waals surface area contributed by atoms with Gasteiger partial charge in [0.1, 0.15) is 0 Å². The van der Waals surface area contributed by atoms with Gasteiger partial charge in [0.25, 0.3) is 5.56 Å². The first kappa shape index (κ1) is 24.2. The van der Waals surface area contributed by atoms with Crippen molar-refractivity contribution in [2.24, 2.45) is 0 Å². The zero-order valence-electron chi connectivity index (χ0n) is 24.0. The van der Waals surface area contributed by atoms with E-state index >= 15 is 0 Å². The SMILES string of the molecule is CC1(C)c2ccccc2-c2cc3c4ccccc4n(-c4cccc(-n5c(=O)c6ccccc6c6ccccc65)c4)c3cc21. The second-order valence-corrected chi connectivity index (χ2v) is 12.2. The average molecular weight is 553 g/mol. The van der Waals surface area contributed by atoms with Crippen molar-refractivity contribution < 1.29 is 0 Å². The van der Waals surface area contributed by atoms with Crippen molar-refractivity contribution in [2.75, 3.05) is 0 Å². The van der Waals surface area contributed by atoms with Gasteiger partial charge in [-0.3, -0.25) is 9.36 Å². The molecule has 8 aromatic rings. The lowest BCUT2D eigenvalue weighted by Crippen LogP contribution is -2.19. The Kier molecular flexibility index (Phi) is 4.82. The highest BCUT2D eigenvalue weighted by Gasteiger charge is 2.36. The average Bonchev–Trinajstić information content (AvgIpc) is 3.49. The molecule has 2 heterocycles. The van der Waals surface area contributed by atoms with Gasteiger partial charge in [0, 0.05) is 32.6 Å². The summed E-state index contributed by atoms with van der Waals surface area (Å²) in [6.45, 7) is 4.66. The molecule has 2 aromatic heterocycles. The number of nitrogens with zero attached hydrogens (tertiary/aromatic N) is 2. The molecule has 0 fully saturated rings. The van der Waals surface area contributed by atoms with Crippen molar-refractivity contribution in [3.8, 4) is 22.5 Å². The molecule has 1 aliphatic carbocycles. The summed E-state index contributed by atoms with van der Waals surface area (Å²) >= 11 is 0. The minimum absolute atomic E-state index is 0.00833. The second kappa shape index (κ2) is 8.56. The fourth-order valence-corrected chi connectivity index (χ4v) is 7.50. The maximum absolute atomic E-state index is 14.0. The molecule has 3 heteroatoms. The van der Waals surface area contributed by atoms with E-state index in [0.717, 1.165) is 38.6 Å². The smallest absolute Gasteiger partial charge is 0.263 e. The van der Waals surface area contributed by atoms with Crippen LogP contribution in [0.15, 0.2) is 138 Å². The van der Waals surface area contributed by atoms with Gasteiger partial charge in [0.05, 0.1) is 22.2 Å². The molecule has 0 spiro atoms. The van der Waals surface area contributed by atoms with Crippen LogP contribution in [0, 0.1) is 0 Å². The number of aromatic nitrogens is 2. The Morgan fingerprint density at radius 2 is 1.02 bits per heavy atom. The van der Waals surface area contributed by atoms with E-state index in [-0.39, 0.29) is 11.0 Å². The Bertz CT molecular complexity index is 2510. The van der Waals surface area contributed by atoms with Gasteiger partial charge in [-0.15, -0.1) is 0 Å². The normalized spacial score (nSPS) is 13.6. The van der Waals surface area contributed by atoms with Crippen LogP contribution in [-0.2, 0) is 5.41 Å². The van der Waals surface area contributed by atoms with Crippen LogP contribution in [0.25, 0.3) is 66.0 Å². The molecule has 0 atom stereocenters. The first-order valence-electron chi connectivity index (χ1n) is 14.8. The Balaban J connectivity index is 1.34. The zero-order chi connectivity index (χ0) is 28.9. The predicted octanol–water partition coefficient (Wildman–Crippen LogP) is 9.55. The summed E-state index contributed by atoms with van der Waals surface area (Å²) in [4.78, 5) is 14.0. The van der Waals surface area contributed by atoms with Crippen molar-refractivity contribution in [3.63, 3.8) is 0 Å². The molecule has 0 amide bonds. The summed E-state index contributed by atoms with van der Waals surface area (Å²) in [6.07, 6.45) is 0. The van der Waals surface area contributed by atoms with Crippen molar-refractivity contribution in [1.29, 1.82) is 0 Å². The van der Waals surface area contributed by atoms with Crippen molar-refractivity contribution >= 4 is 43.5 Å². The number of hydrogen-bond acceptors (Lipinski definition) is 1. The van der Waals surface area contributed by atoms with Crippen LogP contribution in [-0.4, -0.2) is 9.13 Å².